The Morgan fingerprint density at radius 1 is 1.19 bits per heavy atom. The fourth-order valence-corrected chi connectivity index (χ4v) is 4.63. The molecule has 1 aromatic carbocycles. The van der Waals surface area contributed by atoms with Crippen molar-refractivity contribution in [3.8, 4) is 5.75 Å². The molecule has 27 heavy (non-hydrogen) atoms. The fourth-order valence-electron chi connectivity index (χ4n) is 4.63. The minimum absolute atomic E-state index is 0.0624. The van der Waals surface area contributed by atoms with Gasteiger partial charge in [-0.2, -0.15) is 0 Å². The van der Waals surface area contributed by atoms with Crippen LogP contribution in [-0.4, -0.2) is 48.1 Å². The lowest BCUT2D eigenvalue weighted by Crippen LogP contribution is -2.49. The van der Waals surface area contributed by atoms with Crippen molar-refractivity contribution in [3.05, 3.63) is 29.5 Å². The van der Waals surface area contributed by atoms with Gasteiger partial charge < -0.3 is 24.5 Å². The second kappa shape index (κ2) is 7.52. The molecule has 1 aromatic heterocycles. The number of nitrogens with zero attached hydrogens (tertiary/aromatic N) is 1. The van der Waals surface area contributed by atoms with Gasteiger partial charge in [0.2, 0.25) is 0 Å². The third-order valence-corrected chi connectivity index (χ3v) is 6.29. The molecule has 0 unspecified atom stereocenters. The second-order valence-corrected chi connectivity index (χ2v) is 7.78. The maximum absolute atomic E-state index is 13.2. The lowest BCUT2D eigenvalue weighted by Gasteiger charge is -2.39. The largest absolute Gasteiger partial charge is 0.508 e. The first-order chi connectivity index (χ1) is 13.1. The minimum Gasteiger partial charge on any atom is -0.508 e. The van der Waals surface area contributed by atoms with E-state index in [0.717, 1.165) is 49.1 Å². The fraction of sp³-hybridized carbons (Fsp3) is 0.571. The SMILES string of the molecule is Cc1c(C(=O)N[C@@H]2CCOC[C@@H]2C2CCOCC2)c2cc(O)ccc2n1C. The number of phenols is 1. The predicted octanol–water partition coefficient (Wildman–Crippen LogP) is 2.75. The highest BCUT2D eigenvalue weighted by Gasteiger charge is 2.35. The van der Waals surface area contributed by atoms with Gasteiger partial charge in [0, 0.05) is 55.4 Å². The quantitative estimate of drug-likeness (QED) is 0.869. The van der Waals surface area contributed by atoms with E-state index in [0.29, 0.717) is 30.6 Å². The summed E-state index contributed by atoms with van der Waals surface area (Å²) in [5.41, 5.74) is 2.51. The van der Waals surface area contributed by atoms with Crippen LogP contribution in [-0.2, 0) is 16.5 Å². The molecular weight excluding hydrogens is 344 g/mol. The molecule has 2 aliphatic heterocycles. The molecule has 0 spiro atoms. The van der Waals surface area contributed by atoms with Crippen LogP contribution in [0.5, 0.6) is 5.75 Å². The van der Waals surface area contributed by atoms with E-state index in [1.165, 1.54) is 0 Å². The Hall–Kier alpha value is -2.05. The summed E-state index contributed by atoms with van der Waals surface area (Å²) in [5.74, 6) is 0.971. The number of phenolic OH excluding ortho intramolecular Hbond substituents is 1. The number of ether oxygens (including phenoxy) is 2. The van der Waals surface area contributed by atoms with E-state index in [1.807, 2.05) is 24.6 Å². The molecule has 0 aliphatic carbocycles. The van der Waals surface area contributed by atoms with E-state index >= 15 is 0 Å². The van der Waals surface area contributed by atoms with Gasteiger partial charge in [0.25, 0.3) is 5.91 Å². The zero-order valence-corrected chi connectivity index (χ0v) is 16.0. The summed E-state index contributed by atoms with van der Waals surface area (Å²) >= 11 is 0. The Labute approximate surface area is 159 Å². The molecule has 1 amide bonds. The van der Waals surface area contributed by atoms with Gasteiger partial charge in [-0.05, 0) is 50.3 Å². The maximum Gasteiger partial charge on any atom is 0.253 e. The van der Waals surface area contributed by atoms with Gasteiger partial charge in [-0.25, -0.2) is 0 Å². The van der Waals surface area contributed by atoms with Crippen molar-refractivity contribution in [2.75, 3.05) is 26.4 Å². The zero-order chi connectivity index (χ0) is 19.0. The molecule has 2 saturated heterocycles. The van der Waals surface area contributed by atoms with E-state index in [1.54, 1.807) is 12.1 Å². The van der Waals surface area contributed by atoms with Gasteiger partial charge in [-0.3, -0.25) is 4.79 Å². The predicted molar refractivity (Wildman–Crippen MR) is 103 cm³/mol. The van der Waals surface area contributed by atoms with Crippen LogP contribution >= 0.6 is 0 Å². The number of benzene rings is 1. The van der Waals surface area contributed by atoms with Gasteiger partial charge in [-0.1, -0.05) is 0 Å². The number of hydrogen-bond donors (Lipinski definition) is 2. The highest BCUT2D eigenvalue weighted by molar-refractivity contribution is 6.08. The normalized spacial score (nSPS) is 24.2. The smallest absolute Gasteiger partial charge is 0.253 e. The molecule has 146 valence electrons. The molecule has 2 atom stereocenters. The van der Waals surface area contributed by atoms with Crippen molar-refractivity contribution in [2.24, 2.45) is 18.9 Å². The Morgan fingerprint density at radius 3 is 2.70 bits per heavy atom. The highest BCUT2D eigenvalue weighted by Crippen LogP contribution is 2.32. The van der Waals surface area contributed by atoms with Crippen molar-refractivity contribution in [3.63, 3.8) is 0 Å². The van der Waals surface area contributed by atoms with Crippen LogP contribution in [0, 0.1) is 18.8 Å². The van der Waals surface area contributed by atoms with Gasteiger partial charge in [0.1, 0.15) is 5.75 Å². The number of carbonyl (C=O) groups excluding carboxylic acids is 1. The minimum atomic E-state index is -0.0624. The summed E-state index contributed by atoms with van der Waals surface area (Å²) in [5, 5.41) is 14.0. The van der Waals surface area contributed by atoms with Crippen molar-refractivity contribution in [1.82, 2.24) is 9.88 Å². The number of rotatable bonds is 3. The van der Waals surface area contributed by atoms with Crippen molar-refractivity contribution >= 4 is 16.8 Å². The van der Waals surface area contributed by atoms with E-state index in [9.17, 15) is 9.90 Å². The summed E-state index contributed by atoms with van der Waals surface area (Å²) in [6.45, 7) is 4.92. The Kier molecular flexibility index (Phi) is 5.10. The summed E-state index contributed by atoms with van der Waals surface area (Å²) in [4.78, 5) is 13.2. The topological polar surface area (TPSA) is 72.7 Å². The Morgan fingerprint density at radius 2 is 1.93 bits per heavy atom. The number of aromatic nitrogens is 1. The third-order valence-electron chi connectivity index (χ3n) is 6.29. The molecule has 0 radical (unpaired) electrons. The maximum atomic E-state index is 13.2. The molecule has 6 nitrogen and oxygen atoms in total. The van der Waals surface area contributed by atoms with Crippen molar-refractivity contribution in [2.45, 2.75) is 32.2 Å². The Balaban J connectivity index is 1.60. The second-order valence-electron chi connectivity index (χ2n) is 7.78. The molecule has 2 N–H and O–H groups in total. The van der Waals surface area contributed by atoms with Crippen LogP contribution < -0.4 is 5.32 Å². The van der Waals surface area contributed by atoms with Gasteiger partial charge >= 0.3 is 0 Å². The van der Waals surface area contributed by atoms with Crippen molar-refractivity contribution < 1.29 is 19.4 Å². The summed E-state index contributed by atoms with van der Waals surface area (Å²) < 4.78 is 13.2. The first-order valence-corrected chi connectivity index (χ1v) is 9.80. The number of aryl methyl sites for hydroxylation is 1. The van der Waals surface area contributed by atoms with Gasteiger partial charge in [-0.15, -0.1) is 0 Å². The van der Waals surface area contributed by atoms with E-state index in [-0.39, 0.29) is 17.7 Å². The number of amides is 1. The number of hydrogen-bond acceptors (Lipinski definition) is 4. The number of aromatic hydroxyl groups is 1. The summed E-state index contributed by atoms with van der Waals surface area (Å²) in [6.07, 6.45) is 2.89. The number of nitrogens with one attached hydrogen (secondary N) is 1. The molecule has 2 fully saturated rings. The first kappa shape index (κ1) is 18.3. The molecule has 3 heterocycles. The third kappa shape index (κ3) is 3.44. The number of carbonyl (C=O) groups is 1. The molecule has 4 rings (SSSR count). The average Bonchev–Trinajstić information content (AvgIpc) is 2.93. The van der Waals surface area contributed by atoms with E-state index in [4.69, 9.17) is 9.47 Å². The molecule has 2 aliphatic rings. The average molecular weight is 372 g/mol. The first-order valence-electron chi connectivity index (χ1n) is 9.80. The summed E-state index contributed by atoms with van der Waals surface area (Å²) in [7, 11) is 1.95. The van der Waals surface area contributed by atoms with Crippen LogP contribution in [0.25, 0.3) is 10.9 Å². The van der Waals surface area contributed by atoms with Crippen LogP contribution in [0.2, 0.25) is 0 Å². The van der Waals surface area contributed by atoms with Gasteiger partial charge in [0.05, 0.1) is 12.2 Å². The molecule has 6 heteroatoms. The molecule has 0 saturated carbocycles. The molecular formula is C21H28N2O4. The lowest BCUT2D eigenvalue weighted by atomic mass is 9.79. The van der Waals surface area contributed by atoms with Crippen LogP contribution in [0.1, 0.15) is 35.3 Å². The van der Waals surface area contributed by atoms with Crippen LogP contribution in [0.4, 0.5) is 0 Å². The van der Waals surface area contributed by atoms with Crippen LogP contribution in [0.3, 0.4) is 0 Å². The molecule has 0 bridgehead atoms. The summed E-state index contributed by atoms with van der Waals surface area (Å²) in [6, 6.07) is 5.30. The van der Waals surface area contributed by atoms with Gasteiger partial charge in [0.15, 0.2) is 0 Å². The number of fused-ring (bicyclic) bond motifs is 1. The standard InChI is InChI=1S/C21H28N2O4/c1-13-20(16-11-15(24)3-4-19(16)23(13)2)21(25)22-18-7-10-27-12-17(18)14-5-8-26-9-6-14/h3-4,11,14,17-18,24H,5-10,12H2,1-2H3,(H,22,25)/t17-,18-/m1/s1. The van der Waals surface area contributed by atoms with E-state index in [2.05, 4.69) is 5.32 Å². The zero-order valence-electron chi connectivity index (χ0n) is 16.0. The Bertz CT molecular complexity index is 838. The van der Waals surface area contributed by atoms with Crippen LogP contribution in [0.15, 0.2) is 18.2 Å². The molecule has 2 aromatic rings. The van der Waals surface area contributed by atoms with Crippen molar-refractivity contribution in [1.29, 1.82) is 0 Å². The van der Waals surface area contributed by atoms with E-state index < -0.39 is 0 Å². The monoisotopic (exact) mass is 372 g/mol. The lowest BCUT2D eigenvalue weighted by molar-refractivity contribution is -0.0259. The highest BCUT2D eigenvalue weighted by atomic mass is 16.5.